The fraction of sp³-hybridized carbons (Fsp3) is 0.400. The number of anilines is 1. The van der Waals surface area contributed by atoms with Gasteiger partial charge in [0.1, 0.15) is 5.82 Å². The average Bonchev–Trinajstić information content (AvgIpc) is 2.29. The minimum atomic E-state index is -4.98. The molecule has 9 heteroatoms. The van der Waals surface area contributed by atoms with Gasteiger partial charge in [-0.15, -0.1) is 13.2 Å². The van der Waals surface area contributed by atoms with Gasteiger partial charge in [0.15, 0.2) is 11.4 Å². The Bertz CT molecular complexity index is 477. The molecule has 0 spiro atoms. The van der Waals surface area contributed by atoms with Crippen molar-refractivity contribution in [3.8, 4) is 5.75 Å². The molecule has 0 saturated heterocycles. The summed E-state index contributed by atoms with van der Waals surface area (Å²) >= 11 is 0. The van der Waals surface area contributed by atoms with E-state index >= 15 is 0 Å². The maximum absolute atomic E-state index is 12.3. The summed E-state index contributed by atoms with van der Waals surface area (Å²) in [6.07, 6.45) is -4.98. The van der Waals surface area contributed by atoms with Crippen LogP contribution in [0.2, 0.25) is 0 Å². The molecule has 0 atom stereocenters. The molecule has 0 bridgehead atoms. The normalized spacial score (nSPS) is 11.2. The Morgan fingerprint density at radius 2 is 2.11 bits per heavy atom. The number of halogens is 3. The fourth-order valence-corrected chi connectivity index (χ4v) is 1.33. The van der Waals surface area contributed by atoms with E-state index in [1.807, 2.05) is 0 Å². The zero-order valence-corrected chi connectivity index (χ0v) is 9.95. The molecule has 0 aliphatic heterocycles. The third-order valence-electron chi connectivity index (χ3n) is 1.98. The molecule has 6 nitrogen and oxygen atoms in total. The van der Waals surface area contributed by atoms with E-state index < -0.39 is 23.8 Å². The van der Waals surface area contributed by atoms with Gasteiger partial charge >= 0.3 is 12.3 Å². The molecule has 4 N–H and O–H groups in total. The molecule has 0 aromatic carbocycles. The van der Waals surface area contributed by atoms with Crippen LogP contribution in [0.15, 0.2) is 6.07 Å². The molecule has 1 aromatic rings. The van der Waals surface area contributed by atoms with Gasteiger partial charge in [-0.05, 0) is 13.0 Å². The SMILES string of the molecule is CCOC(=O)c1nc(N)cc(CN)c1OC(F)(F)F. The number of rotatable bonds is 4. The first-order chi connectivity index (χ1) is 8.78. The van der Waals surface area contributed by atoms with Crippen LogP contribution >= 0.6 is 0 Å². The van der Waals surface area contributed by atoms with Crippen molar-refractivity contribution in [1.82, 2.24) is 4.98 Å². The van der Waals surface area contributed by atoms with Crippen molar-refractivity contribution in [2.45, 2.75) is 19.8 Å². The Kier molecular flexibility index (Phi) is 4.54. The Hall–Kier alpha value is -2.03. The van der Waals surface area contributed by atoms with E-state index in [0.29, 0.717) is 0 Å². The van der Waals surface area contributed by atoms with Gasteiger partial charge in [0.25, 0.3) is 0 Å². The lowest BCUT2D eigenvalue weighted by atomic mass is 10.2. The van der Waals surface area contributed by atoms with E-state index in [4.69, 9.17) is 11.5 Å². The van der Waals surface area contributed by atoms with Crippen LogP contribution in [0.5, 0.6) is 5.75 Å². The van der Waals surface area contributed by atoms with Gasteiger partial charge in [-0.25, -0.2) is 9.78 Å². The number of carbonyl (C=O) groups excluding carboxylic acids is 1. The van der Waals surface area contributed by atoms with Crippen LogP contribution in [0.4, 0.5) is 19.0 Å². The Labute approximate surface area is 106 Å². The third-order valence-corrected chi connectivity index (χ3v) is 1.98. The summed E-state index contributed by atoms with van der Waals surface area (Å²) in [6, 6.07) is 1.10. The van der Waals surface area contributed by atoms with Crippen molar-refractivity contribution in [2.24, 2.45) is 5.73 Å². The number of hydrogen-bond acceptors (Lipinski definition) is 6. The number of nitrogen functional groups attached to an aromatic ring is 1. The highest BCUT2D eigenvalue weighted by atomic mass is 19.4. The second-order valence-corrected chi connectivity index (χ2v) is 3.36. The second-order valence-electron chi connectivity index (χ2n) is 3.36. The van der Waals surface area contributed by atoms with Gasteiger partial charge in [-0.3, -0.25) is 0 Å². The molecule has 0 aliphatic carbocycles. The van der Waals surface area contributed by atoms with Crippen molar-refractivity contribution in [3.63, 3.8) is 0 Å². The fourth-order valence-electron chi connectivity index (χ4n) is 1.33. The monoisotopic (exact) mass is 279 g/mol. The number of aromatic nitrogens is 1. The molecule has 1 heterocycles. The smallest absolute Gasteiger partial charge is 0.461 e. The molecule has 0 amide bonds. The van der Waals surface area contributed by atoms with Crippen molar-refractivity contribution in [2.75, 3.05) is 12.3 Å². The van der Waals surface area contributed by atoms with E-state index in [2.05, 4.69) is 14.5 Å². The maximum atomic E-state index is 12.3. The van der Waals surface area contributed by atoms with Crippen LogP contribution in [0.1, 0.15) is 23.0 Å². The summed E-state index contributed by atoms with van der Waals surface area (Å²) in [5.74, 6) is -2.01. The quantitative estimate of drug-likeness (QED) is 0.803. The van der Waals surface area contributed by atoms with Crippen LogP contribution in [-0.2, 0) is 11.3 Å². The lowest BCUT2D eigenvalue weighted by molar-refractivity contribution is -0.275. The summed E-state index contributed by atoms with van der Waals surface area (Å²) in [7, 11) is 0. The minimum absolute atomic E-state index is 0.0290. The summed E-state index contributed by atoms with van der Waals surface area (Å²) in [5, 5.41) is 0. The lowest BCUT2D eigenvalue weighted by Gasteiger charge is -2.15. The number of carbonyl (C=O) groups is 1. The van der Waals surface area contributed by atoms with Crippen LogP contribution in [0.25, 0.3) is 0 Å². The molecule has 0 unspecified atom stereocenters. The molecule has 0 saturated carbocycles. The first-order valence-electron chi connectivity index (χ1n) is 5.20. The number of nitrogens with zero attached hydrogens (tertiary/aromatic N) is 1. The Morgan fingerprint density at radius 1 is 1.47 bits per heavy atom. The molecule has 19 heavy (non-hydrogen) atoms. The van der Waals surface area contributed by atoms with E-state index in [9.17, 15) is 18.0 Å². The maximum Gasteiger partial charge on any atom is 0.573 e. The minimum Gasteiger partial charge on any atom is -0.461 e. The number of esters is 1. The standard InChI is InChI=1S/C10H12F3N3O3/c1-2-18-9(17)7-8(19-10(11,12)13)5(4-14)3-6(15)16-7/h3H,2,4,14H2,1H3,(H2,15,16). The molecular formula is C10H12F3N3O3. The van der Waals surface area contributed by atoms with Crippen molar-refractivity contribution in [1.29, 1.82) is 0 Å². The van der Waals surface area contributed by atoms with Gasteiger partial charge in [-0.1, -0.05) is 0 Å². The molecule has 106 valence electrons. The predicted molar refractivity (Wildman–Crippen MR) is 59.2 cm³/mol. The Morgan fingerprint density at radius 3 is 2.58 bits per heavy atom. The van der Waals surface area contributed by atoms with Crippen LogP contribution in [-0.4, -0.2) is 23.9 Å². The number of ether oxygens (including phenoxy) is 2. The highest BCUT2D eigenvalue weighted by molar-refractivity contribution is 5.91. The first-order valence-corrected chi connectivity index (χ1v) is 5.20. The lowest BCUT2D eigenvalue weighted by Crippen LogP contribution is -2.22. The van der Waals surface area contributed by atoms with Gasteiger partial charge < -0.3 is 20.9 Å². The Balaban J connectivity index is 3.33. The van der Waals surface area contributed by atoms with Gasteiger partial charge in [0.2, 0.25) is 0 Å². The van der Waals surface area contributed by atoms with Gasteiger partial charge in [0, 0.05) is 12.1 Å². The molecular weight excluding hydrogens is 267 g/mol. The van der Waals surface area contributed by atoms with Crippen LogP contribution < -0.4 is 16.2 Å². The highest BCUT2D eigenvalue weighted by Gasteiger charge is 2.35. The van der Waals surface area contributed by atoms with E-state index in [1.54, 1.807) is 0 Å². The van der Waals surface area contributed by atoms with Crippen LogP contribution in [0, 0.1) is 0 Å². The first kappa shape index (κ1) is 15.0. The second kappa shape index (κ2) is 5.74. The number of hydrogen-bond donors (Lipinski definition) is 2. The molecule has 1 rings (SSSR count). The zero-order valence-electron chi connectivity index (χ0n) is 9.95. The topological polar surface area (TPSA) is 100 Å². The van der Waals surface area contributed by atoms with E-state index in [-0.39, 0.29) is 24.5 Å². The third kappa shape index (κ3) is 3.98. The zero-order chi connectivity index (χ0) is 14.6. The molecule has 0 radical (unpaired) electrons. The summed E-state index contributed by atoms with van der Waals surface area (Å²) < 4.78 is 45.3. The van der Waals surface area contributed by atoms with Crippen molar-refractivity contribution in [3.05, 3.63) is 17.3 Å². The van der Waals surface area contributed by atoms with Gasteiger partial charge in [0.05, 0.1) is 6.61 Å². The molecule has 1 aromatic heterocycles. The number of nitrogens with two attached hydrogens (primary N) is 2. The van der Waals surface area contributed by atoms with Crippen molar-refractivity contribution < 1.29 is 27.4 Å². The number of pyridine rings is 1. The molecule has 0 fully saturated rings. The number of alkyl halides is 3. The largest absolute Gasteiger partial charge is 0.573 e. The molecule has 0 aliphatic rings. The van der Waals surface area contributed by atoms with Crippen molar-refractivity contribution >= 4 is 11.8 Å². The average molecular weight is 279 g/mol. The summed E-state index contributed by atoms with van der Waals surface area (Å²) in [5.41, 5.74) is 9.95. The summed E-state index contributed by atoms with van der Waals surface area (Å²) in [6.45, 7) is 1.17. The van der Waals surface area contributed by atoms with Gasteiger partial charge in [-0.2, -0.15) is 0 Å². The van der Waals surface area contributed by atoms with E-state index in [0.717, 1.165) is 6.07 Å². The van der Waals surface area contributed by atoms with Crippen LogP contribution in [0.3, 0.4) is 0 Å². The predicted octanol–water partition coefficient (Wildman–Crippen LogP) is 1.20. The van der Waals surface area contributed by atoms with E-state index in [1.165, 1.54) is 6.92 Å². The summed E-state index contributed by atoms with van der Waals surface area (Å²) in [4.78, 5) is 15.1. The highest BCUT2D eigenvalue weighted by Crippen LogP contribution is 2.30.